The van der Waals surface area contributed by atoms with Crippen LogP contribution in [0.5, 0.6) is 0 Å². The van der Waals surface area contributed by atoms with Crippen molar-refractivity contribution in [3.63, 3.8) is 0 Å². The number of allylic oxidation sites excluding steroid dienone is 1. The molecule has 1 aromatic carbocycles. The van der Waals surface area contributed by atoms with Gasteiger partial charge in [0.25, 0.3) is 0 Å². The summed E-state index contributed by atoms with van der Waals surface area (Å²) >= 11 is 0. The molecule has 19 heavy (non-hydrogen) atoms. The SMILES string of the molecule is CCO/C(=C\C(CC)c1ccccc1)n1cncn1. The molecule has 2 rings (SSSR count). The molecule has 4 heteroatoms. The molecule has 100 valence electrons. The second-order valence-corrected chi connectivity index (χ2v) is 4.20. The molecule has 4 nitrogen and oxygen atoms in total. The molecule has 1 heterocycles. The van der Waals surface area contributed by atoms with Crippen LogP contribution in [0, 0.1) is 0 Å². The molecule has 0 amide bonds. The van der Waals surface area contributed by atoms with Crippen LogP contribution in [0.1, 0.15) is 31.7 Å². The van der Waals surface area contributed by atoms with Crippen molar-refractivity contribution in [1.29, 1.82) is 0 Å². The fourth-order valence-electron chi connectivity index (χ4n) is 1.98. The van der Waals surface area contributed by atoms with Crippen molar-refractivity contribution in [3.8, 4) is 0 Å². The molecular formula is C15H19N3O. The number of aromatic nitrogens is 3. The van der Waals surface area contributed by atoms with E-state index in [1.54, 1.807) is 11.0 Å². The molecule has 0 saturated carbocycles. The highest BCUT2D eigenvalue weighted by molar-refractivity contribution is 5.39. The van der Waals surface area contributed by atoms with Gasteiger partial charge in [-0.15, -0.1) is 0 Å². The summed E-state index contributed by atoms with van der Waals surface area (Å²) in [5.41, 5.74) is 1.28. The molecule has 0 aliphatic rings. The lowest BCUT2D eigenvalue weighted by molar-refractivity contribution is 0.270. The first kappa shape index (κ1) is 13.3. The van der Waals surface area contributed by atoms with Gasteiger partial charge in [0, 0.05) is 5.92 Å². The van der Waals surface area contributed by atoms with Crippen molar-refractivity contribution in [2.24, 2.45) is 0 Å². The maximum atomic E-state index is 5.66. The Hall–Kier alpha value is -2.10. The van der Waals surface area contributed by atoms with Gasteiger partial charge in [-0.25, -0.2) is 4.98 Å². The lowest BCUT2D eigenvalue weighted by Gasteiger charge is -2.14. The van der Waals surface area contributed by atoms with E-state index in [9.17, 15) is 0 Å². The highest BCUT2D eigenvalue weighted by Gasteiger charge is 2.10. The standard InChI is InChI=1S/C15H19N3O/c1-3-13(14-8-6-5-7-9-14)10-15(19-4-2)18-12-16-11-17-18/h5-13H,3-4H2,1-2H3/b15-10-. The number of benzene rings is 1. The minimum atomic E-state index is 0.312. The Labute approximate surface area is 113 Å². The van der Waals surface area contributed by atoms with E-state index in [2.05, 4.69) is 47.3 Å². The Bertz CT molecular complexity index is 505. The minimum absolute atomic E-state index is 0.312. The Kier molecular flexibility index (Phi) is 4.72. The van der Waals surface area contributed by atoms with Crippen molar-refractivity contribution in [1.82, 2.24) is 14.8 Å². The lowest BCUT2D eigenvalue weighted by atomic mass is 9.96. The summed E-state index contributed by atoms with van der Waals surface area (Å²) in [6.07, 6.45) is 6.28. The third kappa shape index (κ3) is 3.44. The Morgan fingerprint density at radius 2 is 2.11 bits per heavy atom. The summed E-state index contributed by atoms with van der Waals surface area (Å²) < 4.78 is 7.32. The Morgan fingerprint density at radius 1 is 1.32 bits per heavy atom. The zero-order chi connectivity index (χ0) is 13.5. The van der Waals surface area contributed by atoms with Gasteiger partial charge in [-0.1, -0.05) is 37.3 Å². The number of hydrogen-bond donors (Lipinski definition) is 0. The summed E-state index contributed by atoms with van der Waals surface area (Å²) in [6.45, 7) is 4.74. The van der Waals surface area contributed by atoms with Crippen LogP contribution >= 0.6 is 0 Å². The van der Waals surface area contributed by atoms with E-state index in [1.165, 1.54) is 11.9 Å². The highest BCUT2D eigenvalue weighted by Crippen LogP contribution is 2.23. The van der Waals surface area contributed by atoms with Gasteiger partial charge in [-0.05, 0) is 25.0 Å². The van der Waals surface area contributed by atoms with E-state index in [0.717, 1.165) is 12.3 Å². The molecule has 1 atom stereocenters. The van der Waals surface area contributed by atoms with Gasteiger partial charge in [0.2, 0.25) is 5.88 Å². The molecule has 0 radical (unpaired) electrons. The molecule has 0 spiro atoms. The zero-order valence-electron chi connectivity index (χ0n) is 11.4. The van der Waals surface area contributed by atoms with Crippen LogP contribution in [0.15, 0.2) is 49.1 Å². The van der Waals surface area contributed by atoms with E-state index in [-0.39, 0.29) is 0 Å². The first-order chi connectivity index (χ1) is 9.35. The average molecular weight is 257 g/mol. The van der Waals surface area contributed by atoms with Gasteiger partial charge in [0.1, 0.15) is 12.7 Å². The van der Waals surface area contributed by atoms with Crippen LogP contribution in [0.3, 0.4) is 0 Å². The highest BCUT2D eigenvalue weighted by atomic mass is 16.5. The van der Waals surface area contributed by atoms with Crippen molar-refractivity contribution in [2.75, 3.05) is 6.61 Å². The van der Waals surface area contributed by atoms with Crippen molar-refractivity contribution in [3.05, 3.63) is 54.6 Å². The van der Waals surface area contributed by atoms with Crippen LogP contribution in [0.4, 0.5) is 0 Å². The van der Waals surface area contributed by atoms with Gasteiger partial charge in [-0.3, -0.25) is 0 Å². The maximum Gasteiger partial charge on any atom is 0.212 e. The van der Waals surface area contributed by atoms with E-state index < -0.39 is 0 Å². The number of nitrogens with zero attached hydrogens (tertiary/aromatic N) is 3. The summed E-state index contributed by atoms with van der Waals surface area (Å²) in [6, 6.07) is 10.4. The fourth-order valence-corrected chi connectivity index (χ4v) is 1.98. The van der Waals surface area contributed by atoms with Crippen molar-refractivity contribution < 1.29 is 4.74 Å². The second kappa shape index (κ2) is 6.73. The number of hydrogen-bond acceptors (Lipinski definition) is 3. The predicted octanol–water partition coefficient (Wildman–Crippen LogP) is 3.31. The Morgan fingerprint density at radius 3 is 2.68 bits per heavy atom. The van der Waals surface area contributed by atoms with Crippen LogP contribution in [-0.4, -0.2) is 21.4 Å². The minimum Gasteiger partial charge on any atom is -0.478 e. The first-order valence-electron chi connectivity index (χ1n) is 6.59. The molecule has 0 bridgehead atoms. The fraction of sp³-hybridized carbons (Fsp3) is 0.333. The van der Waals surface area contributed by atoms with Crippen LogP contribution < -0.4 is 0 Å². The molecule has 0 fully saturated rings. The first-order valence-corrected chi connectivity index (χ1v) is 6.59. The van der Waals surface area contributed by atoms with Gasteiger partial charge in [-0.2, -0.15) is 9.78 Å². The van der Waals surface area contributed by atoms with E-state index in [1.807, 2.05) is 13.0 Å². The topological polar surface area (TPSA) is 39.9 Å². The summed E-state index contributed by atoms with van der Waals surface area (Å²) in [4.78, 5) is 3.96. The molecule has 2 aromatic rings. The number of rotatable bonds is 6. The summed E-state index contributed by atoms with van der Waals surface area (Å²) in [5, 5.41) is 4.13. The van der Waals surface area contributed by atoms with Crippen LogP contribution in [0.2, 0.25) is 0 Å². The lowest BCUT2D eigenvalue weighted by Crippen LogP contribution is -2.05. The second-order valence-electron chi connectivity index (χ2n) is 4.20. The van der Waals surface area contributed by atoms with Crippen LogP contribution in [0.25, 0.3) is 5.88 Å². The van der Waals surface area contributed by atoms with Gasteiger partial charge >= 0.3 is 0 Å². The molecular weight excluding hydrogens is 238 g/mol. The smallest absolute Gasteiger partial charge is 0.212 e. The molecule has 1 unspecified atom stereocenters. The third-order valence-electron chi connectivity index (χ3n) is 2.95. The quantitative estimate of drug-likeness (QED) is 0.745. The number of ether oxygens (including phenoxy) is 1. The van der Waals surface area contributed by atoms with Gasteiger partial charge < -0.3 is 4.74 Å². The molecule has 0 saturated heterocycles. The Balaban J connectivity index is 2.28. The van der Waals surface area contributed by atoms with E-state index in [4.69, 9.17) is 4.74 Å². The average Bonchev–Trinajstić information content (AvgIpc) is 2.98. The third-order valence-corrected chi connectivity index (χ3v) is 2.95. The maximum absolute atomic E-state index is 5.66. The molecule has 0 N–H and O–H groups in total. The van der Waals surface area contributed by atoms with Crippen molar-refractivity contribution in [2.45, 2.75) is 26.2 Å². The zero-order valence-corrected chi connectivity index (χ0v) is 11.4. The molecule has 1 aromatic heterocycles. The van der Waals surface area contributed by atoms with E-state index in [0.29, 0.717) is 12.5 Å². The van der Waals surface area contributed by atoms with Crippen molar-refractivity contribution >= 4 is 5.88 Å². The monoisotopic (exact) mass is 257 g/mol. The molecule has 0 aliphatic heterocycles. The predicted molar refractivity (Wildman–Crippen MR) is 75.4 cm³/mol. The summed E-state index contributed by atoms with van der Waals surface area (Å²) in [7, 11) is 0. The van der Waals surface area contributed by atoms with Gasteiger partial charge in [0.15, 0.2) is 0 Å². The van der Waals surface area contributed by atoms with E-state index >= 15 is 0 Å². The van der Waals surface area contributed by atoms with Crippen LogP contribution in [-0.2, 0) is 4.74 Å². The largest absolute Gasteiger partial charge is 0.478 e. The van der Waals surface area contributed by atoms with Gasteiger partial charge in [0.05, 0.1) is 6.61 Å². The summed E-state index contributed by atoms with van der Waals surface area (Å²) in [5.74, 6) is 1.04. The molecule has 0 aliphatic carbocycles. The normalized spacial score (nSPS) is 13.3.